The van der Waals surface area contributed by atoms with Gasteiger partial charge in [-0.15, -0.1) is 4.83 Å². The first-order valence-corrected chi connectivity index (χ1v) is 9.57. The Morgan fingerprint density at radius 3 is 2.44 bits per heavy atom. The Bertz CT molecular complexity index is 1090. The minimum absolute atomic E-state index is 0.0218. The highest BCUT2D eigenvalue weighted by atomic mass is 32.2. The molecule has 140 valence electrons. The molecule has 0 atom stereocenters. The van der Waals surface area contributed by atoms with Crippen molar-refractivity contribution >= 4 is 38.4 Å². The summed E-state index contributed by atoms with van der Waals surface area (Å²) in [6.45, 7) is 1.36. The third kappa shape index (κ3) is 4.52. The van der Waals surface area contributed by atoms with Crippen molar-refractivity contribution in [2.75, 3.05) is 5.32 Å². The van der Waals surface area contributed by atoms with Gasteiger partial charge in [0, 0.05) is 29.7 Å². The second-order valence-electron chi connectivity index (χ2n) is 5.90. The Labute approximate surface area is 156 Å². The zero-order valence-corrected chi connectivity index (χ0v) is 15.3. The smallest absolute Gasteiger partial charge is 0.257 e. The van der Waals surface area contributed by atoms with E-state index in [0.29, 0.717) is 5.69 Å². The average molecular weight is 386 g/mol. The lowest BCUT2D eigenvalue weighted by atomic mass is 10.1. The first kappa shape index (κ1) is 18.6. The van der Waals surface area contributed by atoms with Gasteiger partial charge < -0.3 is 10.3 Å². The number of nitrogens with one attached hydrogen (secondary N) is 4. The highest BCUT2D eigenvalue weighted by Crippen LogP contribution is 2.18. The van der Waals surface area contributed by atoms with E-state index < -0.39 is 15.9 Å². The van der Waals surface area contributed by atoms with Crippen LogP contribution >= 0.6 is 0 Å². The molecule has 0 bridgehead atoms. The predicted molar refractivity (Wildman–Crippen MR) is 101 cm³/mol. The van der Waals surface area contributed by atoms with Crippen LogP contribution in [0.2, 0.25) is 0 Å². The summed E-state index contributed by atoms with van der Waals surface area (Å²) in [5.74, 6) is -0.744. The largest absolute Gasteiger partial charge is 0.361 e. The van der Waals surface area contributed by atoms with Crippen molar-refractivity contribution in [3.63, 3.8) is 0 Å². The first-order valence-electron chi connectivity index (χ1n) is 8.08. The highest BCUT2D eigenvalue weighted by molar-refractivity contribution is 7.89. The van der Waals surface area contributed by atoms with Crippen LogP contribution in [0, 0.1) is 0 Å². The van der Waals surface area contributed by atoms with Gasteiger partial charge in [-0.05, 0) is 35.9 Å². The lowest BCUT2D eigenvalue weighted by molar-refractivity contribution is -0.121. The quantitative estimate of drug-likeness (QED) is 0.482. The predicted octanol–water partition coefficient (Wildman–Crippen LogP) is 1.68. The molecule has 0 aliphatic heterocycles. The number of fused-ring (bicyclic) bond motifs is 1. The number of rotatable bonds is 6. The summed E-state index contributed by atoms with van der Waals surface area (Å²) < 4.78 is 24.5. The second-order valence-corrected chi connectivity index (χ2v) is 7.58. The van der Waals surface area contributed by atoms with Crippen LogP contribution in [0.5, 0.6) is 0 Å². The number of aromatic amines is 1. The minimum atomic E-state index is -3.92. The zero-order valence-electron chi connectivity index (χ0n) is 14.4. The van der Waals surface area contributed by atoms with Crippen molar-refractivity contribution in [2.24, 2.45) is 0 Å². The summed E-state index contributed by atoms with van der Waals surface area (Å²) in [5.41, 5.74) is 4.36. The van der Waals surface area contributed by atoms with Crippen molar-refractivity contribution in [3.8, 4) is 0 Å². The molecule has 4 N–H and O–H groups in total. The number of H-pyrrole nitrogens is 1. The Morgan fingerprint density at radius 2 is 1.74 bits per heavy atom. The number of carbonyl (C=O) groups excluding carboxylic acids is 2. The fourth-order valence-corrected chi connectivity index (χ4v) is 3.46. The Kier molecular flexibility index (Phi) is 5.24. The fraction of sp³-hybridized carbons (Fsp3) is 0.111. The van der Waals surface area contributed by atoms with Crippen LogP contribution in [-0.2, 0) is 26.0 Å². The van der Waals surface area contributed by atoms with Gasteiger partial charge in [-0.1, -0.05) is 18.2 Å². The van der Waals surface area contributed by atoms with E-state index in [-0.39, 0.29) is 17.2 Å². The van der Waals surface area contributed by atoms with Crippen LogP contribution in [-0.4, -0.2) is 25.2 Å². The Hall–Kier alpha value is -3.17. The molecule has 0 fully saturated rings. The maximum atomic E-state index is 12.3. The van der Waals surface area contributed by atoms with Crippen molar-refractivity contribution in [2.45, 2.75) is 18.2 Å². The third-order valence-electron chi connectivity index (χ3n) is 3.84. The summed E-state index contributed by atoms with van der Waals surface area (Å²) in [4.78, 5) is 28.2. The van der Waals surface area contributed by atoms with E-state index in [4.69, 9.17) is 0 Å². The van der Waals surface area contributed by atoms with Crippen LogP contribution < -0.4 is 15.6 Å². The average Bonchev–Trinajstić information content (AvgIpc) is 3.03. The standard InChI is InChI=1S/C18H18N4O4S/c1-12(23)20-14-6-8-15(9-7-14)27(25,26)22-21-18(24)10-13-11-19-17-5-3-2-4-16(13)17/h2-9,11,19,22H,10H2,1H3,(H,20,23)(H,21,24). The molecule has 0 saturated carbocycles. The molecule has 1 heterocycles. The molecule has 0 radical (unpaired) electrons. The van der Waals surface area contributed by atoms with Crippen LogP contribution in [0.1, 0.15) is 12.5 Å². The van der Waals surface area contributed by atoms with E-state index in [1.165, 1.54) is 31.2 Å². The summed E-state index contributed by atoms with van der Waals surface area (Å²) in [6, 6.07) is 13.1. The van der Waals surface area contributed by atoms with E-state index in [9.17, 15) is 18.0 Å². The van der Waals surface area contributed by atoms with Crippen molar-refractivity contribution < 1.29 is 18.0 Å². The second kappa shape index (κ2) is 7.60. The Morgan fingerprint density at radius 1 is 1.04 bits per heavy atom. The molecular weight excluding hydrogens is 368 g/mol. The normalized spacial score (nSPS) is 11.3. The lowest BCUT2D eigenvalue weighted by Gasteiger charge is -2.09. The number of amides is 2. The molecule has 1 aromatic heterocycles. The van der Waals surface area contributed by atoms with Crippen molar-refractivity contribution in [1.82, 2.24) is 15.2 Å². The topological polar surface area (TPSA) is 120 Å². The summed E-state index contributed by atoms with van der Waals surface area (Å²) in [5, 5.41) is 3.45. The third-order valence-corrected chi connectivity index (χ3v) is 5.10. The van der Waals surface area contributed by atoms with E-state index in [1.807, 2.05) is 24.3 Å². The number of aromatic nitrogens is 1. The highest BCUT2D eigenvalue weighted by Gasteiger charge is 2.16. The van der Waals surface area contributed by atoms with Gasteiger partial charge in [0.15, 0.2) is 0 Å². The van der Waals surface area contributed by atoms with Crippen LogP contribution in [0.4, 0.5) is 5.69 Å². The van der Waals surface area contributed by atoms with Crippen LogP contribution in [0.25, 0.3) is 10.9 Å². The molecule has 0 aliphatic rings. The first-order chi connectivity index (χ1) is 12.8. The van der Waals surface area contributed by atoms with E-state index in [1.54, 1.807) is 6.20 Å². The monoisotopic (exact) mass is 386 g/mol. The molecule has 3 rings (SSSR count). The molecule has 2 amide bonds. The van der Waals surface area contributed by atoms with E-state index in [2.05, 4.69) is 20.6 Å². The fourth-order valence-electron chi connectivity index (χ4n) is 2.60. The molecule has 0 aliphatic carbocycles. The number of hydrazine groups is 1. The summed E-state index contributed by atoms with van der Waals surface area (Å²) in [6.07, 6.45) is 1.74. The number of para-hydroxylation sites is 1. The van der Waals surface area contributed by atoms with Gasteiger partial charge in [0.2, 0.25) is 11.8 Å². The van der Waals surface area contributed by atoms with Gasteiger partial charge in [0.25, 0.3) is 10.0 Å². The van der Waals surface area contributed by atoms with Gasteiger partial charge in [-0.2, -0.15) is 0 Å². The number of hydrogen-bond donors (Lipinski definition) is 4. The number of sulfonamides is 1. The van der Waals surface area contributed by atoms with Gasteiger partial charge in [0.05, 0.1) is 11.3 Å². The maximum Gasteiger partial charge on any atom is 0.257 e. The number of anilines is 1. The minimum Gasteiger partial charge on any atom is -0.361 e. The summed E-state index contributed by atoms with van der Waals surface area (Å²) >= 11 is 0. The Balaban J connectivity index is 1.62. The molecule has 8 nitrogen and oxygen atoms in total. The number of hydrogen-bond acceptors (Lipinski definition) is 4. The van der Waals surface area contributed by atoms with Gasteiger partial charge in [-0.25, -0.2) is 8.42 Å². The van der Waals surface area contributed by atoms with Crippen LogP contribution in [0.15, 0.2) is 59.6 Å². The molecule has 0 unspecified atom stereocenters. The molecule has 0 spiro atoms. The van der Waals surface area contributed by atoms with Gasteiger partial charge in [0.1, 0.15) is 0 Å². The van der Waals surface area contributed by atoms with Crippen LogP contribution in [0.3, 0.4) is 0 Å². The zero-order chi connectivity index (χ0) is 19.4. The number of benzene rings is 2. The molecule has 2 aromatic carbocycles. The molecule has 9 heteroatoms. The maximum absolute atomic E-state index is 12.3. The number of carbonyl (C=O) groups is 2. The molecule has 27 heavy (non-hydrogen) atoms. The lowest BCUT2D eigenvalue weighted by Crippen LogP contribution is -2.42. The summed E-state index contributed by atoms with van der Waals surface area (Å²) in [7, 11) is -3.92. The SMILES string of the molecule is CC(=O)Nc1ccc(S(=O)(=O)NNC(=O)Cc2c[nH]c3ccccc23)cc1. The molecular formula is C18H18N4O4S. The van der Waals surface area contributed by atoms with E-state index in [0.717, 1.165) is 16.5 Å². The van der Waals surface area contributed by atoms with E-state index >= 15 is 0 Å². The molecule has 0 saturated heterocycles. The van der Waals surface area contributed by atoms with Gasteiger partial charge in [-0.3, -0.25) is 15.0 Å². The molecule has 3 aromatic rings. The van der Waals surface area contributed by atoms with Crippen molar-refractivity contribution in [3.05, 3.63) is 60.3 Å². The van der Waals surface area contributed by atoms with Crippen molar-refractivity contribution in [1.29, 1.82) is 0 Å². The van der Waals surface area contributed by atoms with Gasteiger partial charge >= 0.3 is 0 Å².